The molecule has 0 aromatic rings. The van der Waals surface area contributed by atoms with E-state index in [2.05, 4.69) is 19.2 Å². The summed E-state index contributed by atoms with van der Waals surface area (Å²) in [7, 11) is -2.45. The topological polar surface area (TPSA) is 39.7 Å². The molecule has 0 aliphatic carbocycles. The van der Waals surface area contributed by atoms with Gasteiger partial charge in [-0.25, -0.2) is 0 Å². The first-order valence-corrected chi connectivity index (χ1v) is 8.69. The zero-order chi connectivity index (χ0) is 13.1. The second-order valence-electron chi connectivity index (χ2n) is 4.10. The van der Waals surface area contributed by atoms with Crippen LogP contribution in [0.1, 0.15) is 34.6 Å². The fraction of sp³-hybridized carbons (Fsp3) is 1.00. The van der Waals surface area contributed by atoms with Gasteiger partial charge in [-0.05, 0) is 39.8 Å². The van der Waals surface area contributed by atoms with Gasteiger partial charge >= 0.3 is 8.80 Å². The summed E-state index contributed by atoms with van der Waals surface area (Å²) in [5, 5.41) is 3.35. The Labute approximate surface area is 107 Å². The first-order valence-electron chi connectivity index (χ1n) is 6.76. The molecule has 0 radical (unpaired) electrons. The van der Waals surface area contributed by atoms with E-state index in [-0.39, 0.29) is 0 Å². The van der Waals surface area contributed by atoms with Crippen LogP contribution in [0.5, 0.6) is 0 Å². The standard InChI is InChI=1S/C12H29NO3Si/c1-6-13-10-12(5)11-17(14-7-2,15-8-3)16-9-4/h12-13H,6-11H2,1-5H3. The van der Waals surface area contributed by atoms with Crippen molar-refractivity contribution in [3.05, 3.63) is 0 Å². The summed E-state index contributed by atoms with van der Waals surface area (Å²) < 4.78 is 17.5. The van der Waals surface area contributed by atoms with Crippen LogP contribution in [0.3, 0.4) is 0 Å². The largest absolute Gasteiger partial charge is 0.501 e. The van der Waals surface area contributed by atoms with E-state index in [0.717, 1.165) is 19.1 Å². The number of rotatable bonds is 11. The monoisotopic (exact) mass is 263 g/mol. The van der Waals surface area contributed by atoms with Gasteiger partial charge in [0.05, 0.1) is 0 Å². The molecule has 0 saturated heterocycles. The molecule has 104 valence electrons. The van der Waals surface area contributed by atoms with E-state index in [1.54, 1.807) is 0 Å². The lowest BCUT2D eigenvalue weighted by molar-refractivity contribution is 0.0676. The minimum atomic E-state index is -2.45. The molecule has 0 aliphatic heterocycles. The lowest BCUT2D eigenvalue weighted by atomic mass is 10.2. The normalized spacial score (nSPS) is 13.9. The van der Waals surface area contributed by atoms with Crippen molar-refractivity contribution >= 4 is 8.80 Å². The van der Waals surface area contributed by atoms with Gasteiger partial charge in [-0.3, -0.25) is 0 Å². The average Bonchev–Trinajstić information content (AvgIpc) is 2.27. The zero-order valence-corrected chi connectivity index (χ0v) is 13.0. The van der Waals surface area contributed by atoms with E-state index >= 15 is 0 Å². The molecule has 17 heavy (non-hydrogen) atoms. The molecule has 0 fully saturated rings. The fourth-order valence-corrected chi connectivity index (χ4v) is 4.77. The van der Waals surface area contributed by atoms with Crippen molar-refractivity contribution in [3.63, 3.8) is 0 Å². The molecular weight excluding hydrogens is 234 g/mol. The summed E-state index contributed by atoms with van der Waals surface area (Å²) in [6.07, 6.45) is 0. The van der Waals surface area contributed by atoms with Crippen LogP contribution in [0.25, 0.3) is 0 Å². The smallest absolute Gasteiger partial charge is 0.374 e. The van der Waals surface area contributed by atoms with Gasteiger partial charge in [0.25, 0.3) is 0 Å². The Balaban J connectivity index is 4.40. The molecule has 1 unspecified atom stereocenters. The van der Waals surface area contributed by atoms with E-state index in [9.17, 15) is 0 Å². The highest BCUT2D eigenvalue weighted by atomic mass is 28.4. The van der Waals surface area contributed by atoms with E-state index in [1.807, 2.05) is 20.8 Å². The fourth-order valence-electron chi connectivity index (χ4n) is 1.85. The Kier molecular flexibility index (Phi) is 10.1. The van der Waals surface area contributed by atoms with Gasteiger partial charge in [0, 0.05) is 25.9 Å². The highest BCUT2D eigenvalue weighted by Gasteiger charge is 2.41. The third-order valence-electron chi connectivity index (χ3n) is 2.43. The quantitative estimate of drug-likeness (QED) is 0.581. The number of nitrogens with one attached hydrogen (secondary N) is 1. The third kappa shape index (κ3) is 7.16. The SMILES string of the molecule is CCNCC(C)C[Si](OCC)(OCC)OCC. The maximum atomic E-state index is 5.83. The first kappa shape index (κ1) is 17.1. The molecule has 0 aliphatic rings. The second-order valence-corrected chi connectivity index (χ2v) is 6.74. The van der Waals surface area contributed by atoms with E-state index in [0.29, 0.717) is 25.7 Å². The summed E-state index contributed by atoms with van der Waals surface area (Å²) in [5.41, 5.74) is 0. The Hall–Kier alpha value is 0.0569. The molecule has 0 rings (SSSR count). The van der Waals surface area contributed by atoms with Gasteiger partial charge in [-0.1, -0.05) is 13.8 Å². The summed E-state index contributed by atoms with van der Waals surface area (Å²) in [5.74, 6) is 0.506. The molecule has 0 amide bonds. The molecular formula is C12H29NO3Si. The summed E-state index contributed by atoms with van der Waals surface area (Å²) in [6, 6.07) is 0.884. The van der Waals surface area contributed by atoms with Crippen LogP contribution >= 0.6 is 0 Å². The predicted octanol–water partition coefficient (Wildman–Crippen LogP) is 2.28. The minimum Gasteiger partial charge on any atom is -0.374 e. The highest BCUT2D eigenvalue weighted by molar-refractivity contribution is 6.60. The van der Waals surface area contributed by atoms with Crippen molar-refractivity contribution < 1.29 is 13.3 Å². The predicted molar refractivity (Wildman–Crippen MR) is 73.1 cm³/mol. The van der Waals surface area contributed by atoms with Crippen LogP contribution in [0.4, 0.5) is 0 Å². The van der Waals surface area contributed by atoms with Crippen molar-refractivity contribution in [3.8, 4) is 0 Å². The minimum absolute atomic E-state index is 0.506. The molecule has 0 aromatic heterocycles. The van der Waals surface area contributed by atoms with Crippen molar-refractivity contribution in [2.45, 2.75) is 40.7 Å². The Morgan fingerprint density at radius 1 is 0.941 bits per heavy atom. The van der Waals surface area contributed by atoms with E-state index < -0.39 is 8.80 Å². The van der Waals surface area contributed by atoms with Crippen LogP contribution in [0.2, 0.25) is 6.04 Å². The molecule has 1 atom stereocenters. The van der Waals surface area contributed by atoms with Gasteiger partial charge in [0.15, 0.2) is 0 Å². The van der Waals surface area contributed by atoms with Crippen LogP contribution in [-0.2, 0) is 13.3 Å². The van der Waals surface area contributed by atoms with Gasteiger partial charge in [0.2, 0.25) is 0 Å². The molecule has 0 heterocycles. The van der Waals surface area contributed by atoms with Crippen molar-refractivity contribution in [2.75, 3.05) is 32.9 Å². The molecule has 0 aromatic carbocycles. The van der Waals surface area contributed by atoms with Crippen molar-refractivity contribution in [1.82, 2.24) is 5.32 Å². The van der Waals surface area contributed by atoms with Crippen LogP contribution < -0.4 is 5.32 Å². The lowest BCUT2D eigenvalue weighted by Gasteiger charge is -2.30. The molecule has 1 N–H and O–H groups in total. The molecule has 5 heteroatoms. The molecule has 4 nitrogen and oxygen atoms in total. The summed E-state index contributed by atoms with van der Waals surface area (Å²) in [6.45, 7) is 14.3. The van der Waals surface area contributed by atoms with Crippen molar-refractivity contribution in [1.29, 1.82) is 0 Å². The van der Waals surface area contributed by atoms with Gasteiger partial charge < -0.3 is 18.6 Å². The van der Waals surface area contributed by atoms with Gasteiger partial charge in [0.1, 0.15) is 0 Å². The Bertz CT molecular complexity index is 164. The molecule has 0 saturated carbocycles. The van der Waals surface area contributed by atoms with Gasteiger partial charge in [-0.15, -0.1) is 0 Å². The average molecular weight is 263 g/mol. The number of hydrogen-bond donors (Lipinski definition) is 1. The lowest BCUT2D eigenvalue weighted by Crippen LogP contribution is -2.48. The van der Waals surface area contributed by atoms with Gasteiger partial charge in [-0.2, -0.15) is 0 Å². The zero-order valence-electron chi connectivity index (χ0n) is 12.0. The second kappa shape index (κ2) is 10.0. The van der Waals surface area contributed by atoms with E-state index in [4.69, 9.17) is 13.3 Å². The summed E-state index contributed by atoms with van der Waals surface area (Å²) >= 11 is 0. The maximum Gasteiger partial charge on any atom is 0.501 e. The van der Waals surface area contributed by atoms with Crippen LogP contribution in [0, 0.1) is 5.92 Å². The van der Waals surface area contributed by atoms with Crippen LogP contribution in [0.15, 0.2) is 0 Å². The van der Waals surface area contributed by atoms with Crippen LogP contribution in [-0.4, -0.2) is 41.7 Å². The molecule has 0 bridgehead atoms. The molecule has 0 spiro atoms. The highest BCUT2D eigenvalue weighted by Crippen LogP contribution is 2.21. The van der Waals surface area contributed by atoms with E-state index in [1.165, 1.54) is 0 Å². The first-order chi connectivity index (χ1) is 8.14. The number of hydrogen-bond acceptors (Lipinski definition) is 4. The van der Waals surface area contributed by atoms with Crippen molar-refractivity contribution in [2.24, 2.45) is 5.92 Å². The maximum absolute atomic E-state index is 5.83. The summed E-state index contributed by atoms with van der Waals surface area (Å²) in [4.78, 5) is 0. The Morgan fingerprint density at radius 2 is 1.41 bits per heavy atom. The Morgan fingerprint density at radius 3 is 1.76 bits per heavy atom. The third-order valence-corrected chi connectivity index (χ3v) is 5.82.